The predicted octanol–water partition coefficient (Wildman–Crippen LogP) is 4.30. The first-order valence-electron chi connectivity index (χ1n) is 6.71. The smallest absolute Gasteiger partial charge is 0.145 e. The van der Waals surface area contributed by atoms with Crippen LogP contribution in [0.5, 0.6) is 11.5 Å². The van der Waals surface area contributed by atoms with E-state index in [2.05, 4.69) is 19.2 Å². The number of hydrogen-bond donors (Lipinski definition) is 1. The van der Waals surface area contributed by atoms with Gasteiger partial charge in [-0.15, -0.1) is 0 Å². The van der Waals surface area contributed by atoms with Crippen LogP contribution < -0.4 is 14.8 Å². The number of thioether (sulfide) groups is 1. The minimum atomic E-state index is 0.365. The Morgan fingerprint density at radius 2 is 1.95 bits per heavy atom. The third-order valence-corrected chi connectivity index (χ3v) is 5.36. The topological polar surface area (TPSA) is 30.5 Å². The average Bonchev–Trinajstić information content (AvgIpc) is 2.38. The summed E-state index contributed by atoms with van der Waals surface area (Å²) in [6.45, 7) is 4.62. The molecule has 5 heteroatoms. The molecule has 1 aliphatic heterocycles. The van der Waals surface area contributed by atoms with E-state index in [1.807, 2.05) is 23.9 Å². The number of benzene rings is 1. The molecule has 0 radical (unpaired) electrons. The quantitative estimate of drug-likeness (QED) is 0.897. The molecule has 0 bridgehead atoms. The first-order valence-corrected chi connectivity index (χ1v) is 8.24. The molecule has 1 atom stereocenters. The molecule has 1 aromatic rings. The molecule has 112 valence electrons. The fraction of sp³-hybridized carbons (Fsp3) is 0.600. The maximum Gasteiger partial charge on any atom is 0.145 e. The number of methoxy groups -OCH3 is 2. The fourth-order valence-electron chi connectivity index (χ4n) is 2.55. The first kappa shape index (κ1) is 15.6. The van der Waals surface area contributed by atoms with Crippen LogP contribution in [0.1, 0.15) is 20.3 Å². The number of anilines is 1. The molecule has 0 saturated carbocycles. The van der Waals surface area contributed by atoms with Crippen molar-refractivity contribution in [2.45, 2.75) is 26.3 Å². The molecule has 1 aliphatic rings. The number of hydrogen-bond acceptors (Lipinski definition) is 4. The van der Waals surface area contributed by atoms with Crippen LogP contribution >= 0.6 is 23.4 Å². The van der Waals surface area contributed by atoms with Gasteiger partial charge in [0.2, 0.25) is 0 Å². The summed E-state index contributed by atoms with van der Waals surface area (Å²) >= 11 is 8.20. The van der Waals surface area contributed by atoms with Crippen molar-refractivity contribution in [2.75, 3.05) is 31.0 Å². The molecule has 1 saturated heterocycles. The summed E-state index contributed by atoms with van der Waals surface area (Å²) in [5.41, 5.74) is 1.30. The number of halogens is 1. The monoisotopic (exact) mass is 315 g/mol. The molecule has 0 spiro atoms. The molecule has 2 rings (SSSR count). The second-order valence-electron chi connectivity index (χ2n) is 5.91. The Morgan fingerprint density at radius 1 is 1.25 bits per heavy atom. The summed E-state index contributed by atoms with van der Waals surface area (Å²) < 4.78 is 10.7. The lowest BCUT2D eigenvalue weighted by molar-refractivity contribution is 0.356. The Bertz CT molecular complexity index is 479. The van der Waals surface area contributed by atoms with Gasteiger partial charge in [-0.25, -0.2) is 0 Å². The van der Waals surface area contributed by atoms with Crippen LogP contribution in [-0.4, -0.2) is 31.8 Å². The van der Waals surface area contributed by atoms with Crippen molar-refractivity contribution in [2.24, 2.45) is 5.41 Å². The number of rotatable bonds is 4. The lowest BCUT2D eigenvalue weighted by Gasteiger charge is -2.35. The van der Waals surface area contributed by atoms with Crippen LogP contribution in [0.15, 0.2) is 12.1 Å². The van der Waals surface area contributed by atoms with E-state index in [4.69, 9.17) is 21.1 Å². The standard InChI is InChI=1S/C15H22ClNO2S/c1-15(2)7-10(8-20-9-15)17-12-5-11(16)13(18-3)6-14(12)19-4/h5-6,10,17H,7-9H2,1-4H3. The summed E-state index contributed by atoms with van der Waals surface area (Å²) in [5.74, 6) is 3.72. The van der Waals surface area contributed by atoms with Gasteiger partial charge in [0, 0.05) is 17.9 Å². The van der Waals surface area contributed by atoms with E-state index < -0.39 is 0 Å². The van der Waals surface area contributed by atoms with Gasteiger partial charge in [0.25, 0.3) is 0 Å². The highest BCUT2D eigenvalue weighted by Crippen LogP contribution is 2.39. The summed E-state index contributed by atoms with van der Waals surface area (Å²) in [6.07, 6.45) is 1.15. The van der Waals surface area contributed by atoms with E-state index in [9.17, 15) is 0 Å². The van der Waals surface area contributed by atoms with Gasteiger partial charge in [-0.1, -0.05) is 25.4 Å². The first-order chi connectivity index (χ1) is 9.45. The normalized spacial score (nSPS) is 21.4. The second kappa shape index (κ2) is 6.35. The molecule has 1 fully saturated rings. The summed E-state index contributed by atoms with van der Waals surface area (Å²) in [6, 6.07) is 4.14. The minimum absolute atomic E-state index is 0.365. The highest BCUT2D eigenvalue weighted by atomic mass is 35.5. The lowest BCUT2D eigenvalue weighted by atomic mass is 9.88. The maximum atomic E-state index is 6.21. The van der Waals surface area contributed by atoms with Crippen molar-refractivity contribution in [3.63, 3.8) is 0 Å². The Labute approximate surface area is 130 Å². The van der Waals surface area contributed by atoms with Crippen LogP contribution in [0.3, 0.4) is 0 Å². The molecule has 1 aromatic carbocycles. The van der Waals surface area contributed by atoms with Gasteiger partial charge in [0.05, 0.1) is 24.9 Å². The van der Waals surface area contributed by atoms with Crippen LogP contribution in [0.4, 0.5) is 5.69 Å². The molecule has 20 heavy (non-hydrogen) atoms. The zero-order valence-corrected chi connectivity index (χ0v) is 14.0. The fourth-order valence-corrected chi connectivity index (χ4v) is 4.06. The average molecular weight is 316 g/mol. The van der Waals surface area contributed by atoms with E-state index >= 15 is 0 Å². The molecule has 0 amide bonds. The van der Waals surface area contributed by atoms with Crippen molar-refractivity contribution in [3.8, 4) is 11.5 Å². The Kier molecular flexibility index (Phi) is 4.97. The van der Waals surface area contributed by atoms with Crippen molar-refractivity contribution in [1.82, 2.24) is 0 Å². The van der Waals surface area contributed by atoms with Gasteiger partial charge in [-0.05, 0) is 23.7 Å². The summed E-state index contributed by atoms with van der Waals surface area (Å²) in [4.78, 5) is 0. The van der Waals surface area contributed by atoms with Gasteiger partial charge in [0.1, 0.15) is 11.5 Å². The number of nitrogens with one attached hydrogen (secondary N) is 1. The summed E-state index contributed by atoms with van der Waals surface area (Å²) in [7, 11) is 3.27. The van der Waals surface area contributed by atoms with E-state index in [1.54, 1.807) is 14.2 Å². The van der Waals surface area contributed by atoms with E-state index in [1.165, 1.54) is 5.75 Å². The molecule has 3 nitrogen and oxygen atoms in total. The van der Waals surface area contributed by atoms with Crippen molar-refractivity contribution < 1.29 is 9.47 Å². The van der Waals surface area contributed by atoms with Crippen molar-refractivity contribution in [1.29, 1.82) is 0 Å². The molecule has 1 N–H and O–H groups in total. The molecule has 0 aromatic heterocycles. The molecular formula is C15H22ClNO2S. The zero-order valence-electron chi connectivity index (χ0n) is 12.5. The molecule has 1 heterocycles. The Balaban J connectivity index is 2.18. The lowest BCUT2D eigenvalue weighted by Crippen LogP contribution is -2.35. The highest BCUT2D eigenvalue weighted by molar-refractivity contribution is 7.99. The minimum Gasteiger partial charge on any atom is -0.495 e. The summed E-state index contributed by atoms with van der Waals surface area (Å²) in [5, 5.41) is 4.16. The largest absolute Gasteiger partial charge is 0.495 e. The molecule has 1 unspecified atom stereocenters. The highest BCUT2D eigenvalue weighted by Gasteiger charge is 2.29. The van der Waals surface area contributed by atoms with Crippen molar-refractivity contribution >= 4 is 29.1 Å². The van der Waals surface area contributed by atoms with Crippen LogP contribution in [0, 0.1) is 5.41 Å². The molecule has 0 aliphatic carbocycles. The Hall–Kier alpha value is -0.740. The predicted molar refractivity (Wildman–Crippen MR) is 87.7 cm³/mol. The van der Waals surface area contributed by atoms with Gasteiger partial charge in [-0.2, -0.15) is 11.8 Å². The van der Waals surface area contributed by atoms with Crippen LogP contribution in [-0.2, 0) is 0 Å². The van der Waals surface area contributed by atoms with Crippen LogP contribution in [0.25, 0.3) is 0 Å². The van der Waals surface area contributed by atoms with E-state index in [0.29, 0.717) is 22.2 Å². The Morgan fingerprint density at radius 3 is 2.55 bits per heavy atom. The second-order valence-corrected chi connectivity index (χ2v) is 7.35. The third kappa shape index (κ3) is 3.67. The maximum absolute atomic E-state index is 6.21. The molecular weight excluding hydrogens is 294 g/mol. The van der Waals surface area contributed by atoms with Gasteiger partial charge in [0.15, 0.2) is 0 Å². The van der Waals surface area contributed by atoms with Crippen LogP contribution in [0.2, 0.25) is 5.02 Å². The van der Waals surface area contributed by atoms with E-state index in [-0.39, 0.29) is 0 Å². The van der Waals surface area contributed by atoms with Crippen molar-refractivity contribution in [3.05, 3.63) is 17.2 Å². The zero-order chi connectivity index (χ0) is 14.8. The van der Waals surface area contributed by atoms with Gasteiger partial charge in [-0.3, -0.25) is 0 Å². The third-order valence-electron chi connectivity index (χ3n) is 3.44. The van der Waals surface area contributed by atoms with E-state index in [0.717, 1.165) is 23.6 Å². The van der Waals surface area contributed by atoms with Gasteiger partial charge >= 0.3 is 0 Å². The SMILES string of the molecule is COc1cc(OC)c(NC2CSCC(C)(C)C2)cc1Cl. The van der Waals surface area contributed by atoms with Gasteiger partial charge < -0.3 is 14.8 Å². The number of ether oxygens (including phenoxy) is 2.